The smallest absolute Gasteiger partial charge is 0.243 e. The Balaban J connectivity index is 1.60. The first kappa shape index (κ1) is 23.3. The van der Waals surface area contributed by atoms with Gasteiger partial charge in [0.1, 0.15) is 6.04 Å². The van der Waals surface area contributed by atoms with Crippen LogP contribution in [-0.4, -0.2) is 43.9 Å². The van der Waals surface area contributed by atoms with Crippen LogP contribution in [0.5, 0.6) is 11.5 Å². The van der Waals surface area contributed by atoms with Crippen molar-refractivity contribution >= 4 is 11.6 Å². The molecule has 0 saturated carbocycles. The first-order chi connectivity index (χ1) is 15.6. The maximum absolute atomic E-state index is 12.2. The van der Waals surface area contributed by atoms with Gasteiger partial charge in [-0.2, -0.15) is 0 Å². The molecule has 3 aromatic carbocycles. The molecule has 1 atom stereocenters. The molecule has 6 nitrogen and oxygen atoms in total. The van der Waals surface area contributed by atoms with E-state index in [9.17, 15) is 9.90 Å². The van der Waals surface area contributed by atoms with E-state index < -0.39 is 6.04 Å². The number of benzene rings is 3. The molecule has 0 fully saturated rings. The predicted octanol–water partition coefficient (Wildman–Crippen LogP) is 3.89. The third-order valence-corrected chi connectivity index (χ3v) is 5.07. The van der Waals surface area contributed by atoms with Crippen LogP contribution in [0.3, 0.4) is 0 Å². The first-order valence-corrected chi connectivity index (χ1v) is 10.8. The second-order valence-electron chi connectivity index (χ2n) is 7.27. The van der Waals surface area contributed by atoms with Crippen LogP contribution in [0.1, 0.15) is 12.5 Å². The van der Waals surface area contributed by atoms with Crippen molar-refractivity contribution in [2.24, 2.45) is 0 Å². The maximum Gasteiger partial charge on any atom is 0.243 e. The molecule has 0 aliphatic carbocycles. The SMILES string of the molecule is CCOc1cc(NC(=O)C(CO)NC)ccc1OCCc1ccc(-c2ccccc2)cc1. The van der Waals surface area contributed by atoms with Crippen LogP contribution >= 0.6 is 0 Å². The number of hydrogen-bond donors (Lipinski definition) is 3. The molecule has 168 valence electrons. The molecule has 0 spiro atoms. The molecule has 0 bridgehead atoms. The van der Waals surface area contributed by atoms with E-state index in [2.05, 4.69) is 47.0 Å². The van der Waals surface area contributed by atoms with Crippen molar-refractivity contribution in [3.05, 3.63) is 78.4 Å². The Labute approximate surface area is 189 Å². The highest BCUT2D eigenvalue weighted by Crippen LogP contribution is 2.31. The molecule has 0 saturated heterocycles. The zero-order valence-corrected chi connectivity index (χ0v) is 18.5. The van der Waals surface area contributed by atoms with Crippen molar-refractivity contribution in [2.45, 2.75) is 19.4 Å². The molecule has 32 heavy (non-hydrogen) atoms. The summed E-state index contributed by atoms with van der Waals surface area (Å²) in [7, 11) is 1.62. The van der Waals surface area contributed by atoms with Gasteiger partial charge in [0.15, 0.2) is 11.5 Å². The van der Waals surface area contributed by atoms with Gasteiger partial charge in [-0.15, -0.1) is 0 Å². The summed E-state index contributed by atoms with van der Waals surface area (Å²) in [5, 5.41) is 14.8. The molecule has 1 amide bonds. The lowest BCUT2D eigenvalue weighted by atomic mass is 10.0. The van der Waals surface area contributed by atoms with Gasteiger partial charge in [0.05, 0.1) is 19.8 Å². The fourth-order valence-corrected chi connectivity index (χ4v) is 3.28. The lowest BCUT2D eigenvalue weighted by Gasteiger charge is -2.16. The van der Waals surface area contributed by atoms with Gasteiger partial charge in [-0.25, -0.2) is 0 Å². The number of hydrogen-bond acceptors (Lipinski definition) is 5. The molecule has 3 rings (SSSR count). The van der Waals surface area contributed by atoms with E-state index in [0.29, 0.717) is 30.4 Å². The number of aliphatic hydroxyl groups excluding tert-OH is 1. The largest absolute Gasteiger partial charge is 0.490 e. The van der Waals surface area contributed by atoms with E-state index in [1.165, 1.54) is 16.7 Å². The number of aliphatic hydroxyl groups is 1. The third kappa shape index (κ3) is 6.33. The molecule has 3 aromatic rings. The Kier molecular flexibility index (Phi) is 8.66. The number of amides is 1. The summed E-state index contributed by atoms with van der Waals surface area (Å²) in [6.45, 7) is 2.59. The average molecular weight is 435 g/mol. The normalized spacial score (nSPS) is 11.6. The van der Waals surface area contributed by atoms with Crippen LogP contribution in [0, 0.1) is 0 Å². The van der Waals surface area contributed by atoms with E-state index in [1.54, 1.807) is 25.2 Å². The van der Waals surface area contributed by atoms with E-state index >= 15 is 0 Å². The maximum atomic E-state index is 12.2. The Morgan fingerprint density at radius 2 is 1.66 bits per heavy atom. The first-order valence-electron chi connectivity index (χ1n) is 10.8. The molecular formula is C26H30N2O4. The minimum absolute atomic E-state index is 0.284. The molecule has 0 aromatic heterocycles. The highest BCUT2D eigenvalue weighted by Gasteiger charge is 2.16. The minimum atomic E-state index is -0.672. The Morgan fingerprint density at radius 1 is 0.938 bits per heavy atom. The van der Waals surface area contributed by atoms with Crippen molar-refractivity contribution < 1.29 is 19.4 Å². The number of likely N-dealkylation sites (N-methyl/N-ethyl adjacent to an activating group) is 1. The van der Waals surface area contributed by atoms with Crippen molar-refractivity contribution in [1.29, 1.82) is 0 Å². The van der Waals surface area contributed by atoms with Gasteiger partial charge >= 0.3 is 0 Å². The standard InChI is InChI=1S/C26H30N2O4/c1-3-31-25-17-22(28-26(30)23(18-29)27-2)13-14-24(25)32-16-15-19-9-11-21(12-10-19)20-7-5-4-6-8-20/h4-14,17,23,27,29H,3,15-16,18H2,1-2H3,(H,28,30). The van der Waals surface area contributed by atoms with Gasteiger partial charge in [0, 0.05) is 18.2 Å². The minimum Gasteiger partial charge on any atom is -0.490 e. The zero-order valence-electron chi connectivity index (χ0n) is 18.5. The van der Waals surface area contributed by atoms with E-state index in [1.807, 2.05) is 25.1 Å². The second kappa shape index (κ2) is 11.9. The Bertz CT molecular complexity index is 986. The summed E-state index contributed by atoms with van der Waals surface area (Å²) in [5.41, 5.74) is 4.15. The van der Waals surface area contributed by atoms with Crippen molar-refractivity contribution in [2.75, 3.05) is 32.2 Å². The lowest BCUT2D eigenvalue weighted by molar-refractivity contribution is -0.118. The van der Waals surface area contributed by atoms with Crippen LogP contribution in [0.2, 0.25) is 0 Å². The van der Waals surface area contributed by atoms with E-state index in [4.69, 9.17) is 9.47 Å². The van der Waals surface area contributed by atoms with E-state index in [-0.39, 0.29) is 12.5 Å². The molecule has 1 unspecified atom stereocenters. The van der Waals surface area contributed by atoms with Crippen LogP contribution in [0.15, 0.2) is 72.8 Å². The van der Waals surface area contributed by atoms with Crippen LogP contribution in [0.4, 0.5) is 5.69 Å². The van der Waals surface area contributed by atoms with Gasteiger partial charge in [-0.1, -0.05) is 54.6 Å². The molecular weight excluding hydrogens is 404 g/mol. The lowest BCUT2D eigenvalue weighted by Crippen LogP contribution is -2.41. The van der Waals surface area contributed by atoms with Crippen molar-refractivity contribution in [3.8, 4) is 22.6 Å². The second-order valence-corrected chi connectivity index (χ2v) is 7.27. The summed E-state index contributed by atoms with van der Waals surface area (Å²) in [4.78, 5) is 12.2. The number of ether oxygens (including phenoxy) is 2. The fraction of sp³-hybridized carbons (Fsp3) is 0.269. The van der Waals surface area contributed by atoms with Gasteiger partial charge in [0.2, 0.25) is 5.91 Å². The summed E-state index contributed by atoms with van der Waals surface area (Å²) in [6.07, 6.45) is 0.763. The Hall–Kier alpha value is -3.35. The monoisotopic (exact) mass is 434 g/mol. The molecule has 0 radical (unpaired) electrons. The highest BCUT2D eigenvalue weighted by atomic mass is 16.5. The summed E-state index contributed by atoms with van der Waals surface area (Å²) in [5.74, 6) is 0.873. The quantitative estimate of drug-likeness (QED) is 0.427. The summed E-state index contributed by atoms with van der Waals surface area (Å²) >= 11 is 0. The van der Waals surface area contributed by atoms with Crippen LogP contribution < -0.4 is 20.1 Å². The number of anilines is 1. The Morgan fingerprint density at radius 3 is 2.31 bits per heavy atom. The summed E-state index contributed by atoms with van der Waals surface area (Å²) < 4.78 is 11.7. The van der Waals surface area contributed by atoms with Crippen LogP contribution in [0.25, 0.3) is 11.1 Å². The molecule has 6 heteroatoms. The number of carbonyl (C=O) groups excluding carboxylic acids is 1. The fourth-order valence-electron chi connectivity index (χ4n) is 3.28. The van der Waals surface area contributed by atoms with Gasteiger partial charge in [-0.3, -0.25) is 4.79 Å². The highest BCUT2D eigenvalue weighted by molar-refractivity contribution is 5.95. The third-order valence-electron chi connectivity index (χ3n) is 5.07. The average Bonchev–Trinajstić information content (AvgIpc) is 2.82. The van der Waals surface area contributed by atoms with Crippen LogP contribution in [-0.2, 0) is 11.2 Å². The van der Waals surface area contributed by atoms with Gasteiger partial charge in [-0.05, 0) is 42.8 Å². The van der Waals surface area contributed by atoms with Gasteiger partial charge in [0.25, 0.3) is 0 Å². The molecule has 3 N–H and O–H groups in total. The van der Waals surface area contributed by atoms with E-state index in [0.717, 1.165) is 6.42 Å². The van der Waals surface area contributed by atoms with Gasteiger partial charge < -0.3 is 25.2 Å². The van der Waals surface area contributed by atoms with Crippen molar-refractivity contribution in [1.82, 2.24) is 5.32 Å². The number of nitrogens with one attached hydrogen (secondary N) is 2. The molecule has 0 aliphatic rings. The molecule has 0 aliphatic heterocycles. The number of carbonyl (C=O) groups is 1. The topological polar surface area (TPSA) is 79.8 Å². The zero-order chi connectivity index (χ0) is 22.8. The molecule has 0 heterocycles. The number of rotatable bonds is 11. The summed E-state index contributed by atoms with van der Waals surface area (Å²) in [6, 6.07) is 23.4. The predicted molar refractivity (Wildman–Crippen MR) is 127 cm³/mol. The van der Waals surface area contributed by atoms with Crippen molar-refractivity contribution in [3.63, 3.8) is 0 Å².